The third-order valence-electron chi connectivity index (χ3n) is 1.64. The predicted molar refractivity (Wildman–Crippen MR) is 53.9 cm³/mol. The molecule has 0 saturated heterocycles. The van der Waals surface area contributed by atoms with Gasteiger partial charge in [-0.3, -0.25) is 0 Å². The van der Waals surface area contributed by atoms with Crippen molar-refractivity contribution in [2.75, 3.05) is 26.9 Å². The van der Waals surface area contributed by atoms with Crippen molar-refractivity contribution in [2.45, 2.75) is 6.04 Å². The fourth-order valence-corrected chi connectivity index (χ4v) is 1.65. The Balaban J connectivity index is 2.15. The maximum Gasteiger partial charge on any atom is 0.0701 e. The normalized spacial score (nSPS) is 13.1. The van der Waals surface area contributed by atoms with Crippen molar-refractivity contribution in [1.82, 2.24) is 0 Å². The van der Waals surface area contributed by atoms with Crippen LogP contribution in [0.5, 0.6) is 0 Å². The van der Waals surface area contributed by atoms with Crippen molar-refractivity contribution in [3.63, 3.8) is 0 Å². The molecular formula is C9H15NO2S. The van der Waals surface area contributed by atoms with E-state index < -0.39 is 0 Å². The van der Waals surface area contributed by atoms with E-state index in [0.29, 0.717) is 19.8 Å². The summed E-state index contributed by atoms with van der Waals surface area (Å²) in [6, 6.07) is 4.01. The standard InChI is InChI=1S/C9H15NO2S/c1-11-4-5-12-7-8(10)9-3-2-6-13-9/h2-3,6,8H,4-5,7,10H2,1H3. The number of hydrogen-bond acceptors (Lipinski definition) is 4. The van der Waals surface area contributed by atoms with Gasteiger partial charge in [0.2, 0.25) is 0 Å². The fraction of sp³-hybridized carbons (Fsp3) is 0.556. The average Bonchev–Trinajstić information content (AvgIpc) is 2.65. The van der Waals surface area contributed by atoms with Crippen molar-refractivity contribution in [2.24, 2.45) is 5.73 Å². The van der Waals surface area contributed by atoms with E-state index in [1.54, 1.807) is 18.4 Å². The molecule has 1 unspecified atom stereocenters. The SMILES string of the molecule is COCCOCC(N)c1cccs1. The van der Waals surface area contributed by atoms with Crippen LogP contribution in [0.4, 0.5) is 0 Å². The maximum absolute atomic E-state index is 5.87. The van der Waals surface area contributed by atoms with Gasteiger partial charge in [-0.1, -0.05) is 6.07 Å². The first-order valence-electron chi connectivity index (χ1n) is 4.20. The van der Waals surface area contributed by atoms with Gasteiger partial charge in [-0.2, -0.15) is 0 Å². The van der Waals surface area contributed by atoms with Crippen LogP contribution < -0.4 is 5.73 Å². The lowest BCUT2D eigenvalue weighted by Crippen LogP contribution is -2.17. The molecule has 1 rings (SSSR count). The van der Waals surface area contributed by atoms with Crippen LogP contribution in [-0.2, 0) is 9.47 Å². The number of thiophene rings is 1. The van der Waals surface area contributed by atoms with Crippen molar-refractivity contribution in [1.29, 1.82) is 0 Å². The molecule has 13 heavy (non-hydrogen) atoms. The lowest BCUT2D eigenvalue weighted by atomic mass is 10.3. The van der Waals surface area contributed by atoms with Crippen LogP contribution in [0.2, 0.25) is 0 Å². The molecule has 0 amide bonds. The van der Waals surface area contributed by atoms with Gasteiger partial charge in [0.1, 0.15) is 0 Å². The Morgan fingerprint density at radius 1 is 1.54 bits per heavy atom. The second kappa shape index (κ2) is 6.10. The largest absolute Gasteiger partial charge is 0.382 e. The Labute approximate surface area is 82.5 Å². The number of methoxy groups -OCH3 is 1. The van der Waals surface area contributed by atoms with Crippen LogP contribution in [0.15, 0.2) is 17.5 Å². The van der Waals surface area contributed by atoms with Crippen molar-refractivity contribution < 1.29 is 9.47 Å². The molecule has 0 spiro atoms. The van der Waals surface area contributed by atoms with Crippen LogP contribution in [0, 0.1) is 0 Å². The van der Waals surface area contributed by atoms with Crippen LogP contribution in [0.25, 0.3) is 0 Å². The molecule has 1 heterocycles. The van der Waals surface area contributed by atoms with Crippen LogP contribution in [-0.4, -0.2) is 26.9 Å². The van der Waals surface area contributed by atoms with Crippen LogP contribution in [0.1, 0.15) is 10.9 Å². The lowest BCUT2D eigenvalue weighted by Gasteiger charge is -2.09. The first-order valence-corrected chi connectivity index (χ1v) is 5.08. The first-order chi connectivity index (χ1) is 6.34. The third-order valence-corrected chi connectivity index (χ3v) is 2.64. The molecular weight excluding hydrogens is 186 g/mol. The van der Waals surface area contributed by atoms with E-state index in [-0.39, 0.29) is 6.04 Å². The minimum atomic E-state index is -0.00291. The zero-order chi connectivity index (χ0) is 9.52. The Morgan fingerprint density at radius 3 is 3.00 bits per heavy atom. The topological polar surface area (TPSA) is 44.5 Å². The van der Waals surface area contributed by atoms with E-state index in [0.717, 1.165) is 4.88 Å². The highest BCUT2D eigenvalue weighted by molar-refractivity contribution is 7.10. The molecule has 0 aliphatic heterocycles. The highest BCUT2D eigenvalue weighted by Crippen LogP contribution is 2.16. The predicted octanol–water partition coefficient (Wildman–Crippen LogP) is 1.41. The summed E-state index contributed by atoms with van der Waals surface area (Å²) in [5, 5.41) is 2.02. The number of hydrogen-bond donors (Lipinski definition) is 1. The summed E-state index contributed by atoms with van der Waals surface area (Å²) >= 11 is 1.66. The minimum Gasteiger partial charge on any atom is -0.382 e. The minimum absolute atomic E-state index is 0.00291. The summed E-state index contributed by atoms with van der Waals surface area (Å²) in [6.45, 7) is 1.79. The van der Waals surface area contributed by atoms with Gasteiger partial charge in [0.25, 0.3) is 0 Å². The zero-order valence-electron chi connectivity index (χ0n) is 7.73. The Hall–Kier alpha value is -0.420. The summed E-state index contributed by atoms with van der Waals surface area (Å²) in [4.78, 5) is 1.16. The van der Waals surface area contributed by atoms with Gasteiger partial charge in [-0.05, 0) is 11.4 Å². The third kappa shape index (κ3) is 3.87. The Morgan fingerprint density at radius 2 is 2.38 bits per heavy atom. The molecule has 0 bridgehead atoms. The van der Waals surface area contributed by atoms with Crippen LogP contribution in [0.3, 0.4) is 0 Å². The number of rotatable bonds is 6. The van der Waals surface area contributed by atoms with E-state index in [1.807, 2.05) is 17.5 Å². The molecule has 4 heteroatoms. The lowest BCUT2D eigenvalue weighted by molar-refractivity contribution is 0.0640. The highest BCUT2D eigenvalue weighted by Gasteiger charge is 2.05. The molecule has 3 nitrogen and oxygen atoms in total. The Kier molecular flexibility index (Phi) is 5.00. The average molecular weight is 201 g/mol. The van der Waals surface area contributed by atoms with Gasteiger partial charge in [-0.25, -0.2) is 0 Å². The van der Waals surface area contributed by atoms with Gasteiger partial charge in [0.05, 0.1) is 25.9 Å². The first kappa shape index (κ1) is 10.7. The molecule has 0 aliphatic carbocycles. The summed E-state index contributed by atoms with van der Waals surface area (Å²) in [5.74, 6) is 0. The number of ether oxygens (including phenoxy) is 2. The fourth-order valence-electron chi connectivity index (χ4n) is 0.937. The molecule has 1 aromatic heterocycles. The van der Waals surface area contributed by atoms with Gasteiger partial charge >= 0.3 is 0 Å². The van der Waals surface area contributed by atoms with Crippen LogP contribution >= 0.6 is 11.3 Å². The molecule has 0 fully saturated rings. The second-order valence-electron chi connectivity index (χ2n) is 2.69. The summed E-state index contributed by atoms with van der Waals surface area (Å²) in [6.07, 6.45) is 0. The molecule has 74 valence electrons. The van der Waals surface area contributed by atoms with Gasteiger partial charge in [0, 0.05) is 12.0 Å². The second-order valence-corrected chi connectivity index (χ2v) is 3.67. The number of nitrogens with two attached hydrogens (primary N) is 1. The summed E-state index contributed by atoms with van der Waals surface area (Å²) in [5.41, 5.74) is 5.87. The van der Waals surface area contributed by atoms with E-state index in [2.05, 4.69) is 0 Å². The van der Waals surface area contributed by atoms with Crippen molar-refractivity contribution >= 4 is 11.3 Å². The van der Waals surface area contributed by atoms with Gasteiger partial charge < -0.3 is 15.2 Å². The van der Waals surface area contributed by atoms with E-state index >= 15 is 0 Å². The molecule has 1 aromatic rings. The molecule has 2 N–H and O–H groups in total. The maximum atomic E-state index is 5.87. The molecule has 0 saturated carbocycles. The molecule has 0 radical (unpaired) electrons. The van der Waals surface area contributed by atoms with Crippen molar-refractivity contribution in [3.8, 4) is 0 Å². The molecule has 1 atom stereocenters. The molecule has 0 aliphatic rings. The quantitative estimate of drug-likeness (QED) is 0.708. The monoisotopic (exact) mass is 201 g/mol. The summed E-state index contributed by atoms with van der Waals surface area (Å²) in [7, 11) is 1.66. The van der Waals surface area contributed by atoms with E-state index in [1.165, 1.54) is 0 Å². The van der Waals surface area contributed by atoms with Gasteiger partial charge in [0.15, 0.2) is 0 Å². The Bertz CT molecular complexity index is 213. The van der Waals surface area contributed by atoms with E-state index in [4.69, 9.17) is 15.2 Å². The summed E-state index contributed by atoms with van der Waals surface area (Å²) < 4.78 is 10.2. The smallest absolute Gasteiger partial charge is 0.0701 e. The molecule has 0 aromatic carbocycles. The van der Waals surface area contributed by atoms with Crippen molar-refractivity contribution in [3.05, 3.63) is 22.4 Å². The highest BCUT2D eigenvalue weighted by atomic mass is 32.1. The zero-order valence-corrected chi connectivity index (χ0v) is 8.55. The van der Waals surface area contributed by atoms with E-state index in [9.17, 15) is 0 Å². The van der Waals surface area contributed by atoms with Gasteiger partial charge in [-0.15, -0.1) is 11.3 Å².